The average Bonchev–Trinajstić information content (AvgIpc) is 2.89. The number of piperazine rings is 1. The SMILES string of the molecule is COc1ccc(CCc2nc(N3CCOCC3)c(N)c(N3CCN(C(=O)CCN)CC3)n2)cc1. The van der Waals surface area contributed by atoms with Gasteiger partial charge < -0.3 is 35.6 Å². The predicted octanol–water partition coefficient (Wildman–Crippen LogP) is 0.687. The summed E-state index contributed by atoms with van der Waals surface area (Å²) in [5, 5.41) is 0. The Morgan fingerprint density at radius 1 is 0.971 bits per heavy atom. The summed E-state index contributed by atoms with van der Waals surface area (Å²) in [6.07, 6.45) is 1.90. The van der Waals surface area contributed by atoms with Crippen molar-refractivity contribution in [1.29, 1.82) is 0 Å². The van der Waals surface area contributed by atoms with Crippen molar-refractivity contribution in [2.75, 3.05) is 81.7 Å². The van der Waals surface area contributed by atoms with Crippen LogP contribution in [0, 0.1) is 0 Å². The number of rotatable bonds is 8. The van der Waals surface area contributed by atoms with Crippen molar-refractivity contribution in [3.8, 4) is 5.75 Å². The number of morpholine rings is 1. The lowest BCUT2D eigenvalue weighted by atomic mass is 10.1. The largest absolute Gasteiger partial charge is 0.497 e. The number of aromatic nitrogens is 2. The molecule has 2 aliphatic heterocycles. The number of hydrogen-bond acceptors (Lipinski definition) is 9. The van der Waals surface area contributed by atoms with E-state index >= 15 is 0 Å². The number of methoxy groups -OCH3 is 1. The third-order valence-corrected chi connectivity index (χ3v) is 6.35. The van der Waals surface area contributed by atoms with Gasteiger partial charge in [-0.25, -0.2) is 9.97 Å². The molecule has 1 aromatic heterocycles. The van der Waals surface area contributed by atoms with E-state index in [1.165, 1.54) is 5.56 Å². The highest BCUT2D eigenvalue weighted by Crippen LogP contribution is 2.31. The highest BCUT2D eigenvalue weighted by molar-refractivity contribution is 5.78. The standard InChI is InChI=1S/C24H35N7O3/c1-33-19-5-2-18(3-6-19)4-7-20-27-23(22(26)24(28-20)31-14-16-34-17-15-31)30-12-10-29(11-13-30)21(32)8-9-25/h2-3,5-6H,4,7-17,25-26H2,1H3. The molecule has 10 heteroatoms. The number of nitrogen functional groups attached to an aromatic ring is 1. The van der Waals surface area contributed by atoms with E-state index in [-0.39, 0.29) is 5.91 Å². The number of benzene rings is 1. The van der Waals surface area contributed by atoms with Gasteiger partial charge in [-0.05, 0) is 24.1 Å². The second-order valence-electron chi connectivity index (χ2n) is 8.55. The van der Waals surface area contributed by atoms with Crippen molar-refractivity contribution < 1.29 is 14.3 Å². The van der Waals surface area contributed by atoms with E-state index in [0.29, 0.717) is 64.5 Å². The molecule has 2 aliphatic rings. The van der Waals surface area contributed by atoms with Crippen LogP contribution in [0.1, 0.15) is 17.8 Å². The van der Waals surface area contributed by atoms with E-state index in [2.05, 4.69) is 21.9 Å². The first-order valence-electron chi connectivity index (χ1n) is 11.9. The quantitative estimate of drug-likeness (QED) is 0.575. The van der Waals surface area contributed by atoms with Crippen LogP contribution in [0.3, 0.4) is 0 Å². The molecule has 184 valence electrons. The number of nitrogens with two attached hydrogens (primary N) is 2. The van der Waals surface area contributed by atoms with Crippen LogP contribution in [0.4, 0.5) is 17.3 Å². The highest BCUT2D eigenvalue weighted by Gasteiger charge is 2.26. The first-order valence-corrected chi connectivity index (χ1v) is 11.9. The molecule has 1 aromatic carbocycles. The van der Waals surface area contributed by atoms with Crippen LogP contribution < -0.4 is 26.0 Å². The number of carbonyl (C=O) groups is 1. The Labute approximate surface area is 200 Å². The number of ether oxygens (including phenoxy) is 2. The summed E-state index contributed by atoms with van der Waals surface area (Å²) in [6, 6.07) is 8.07. The Morgan fingerprint density at radius 3 is 2.18 bits per heavy atom. The van der Waals surface area contributed by atoms with Crippen LogP contribution in [0.5, 0.6) is 5.75 Å². The van der Waals surface area contributed by atoms with Crippen LogP contribution in [0.15, 0.2) is 24.3 Å². The third-order valence-electron chi connectivity index (χ3n) is 6.35. The van der Waals surface area contributed by atoms with E-state index in [1.807, 2.05) is 17.0 Å². The van der Waals surface area contributed by atoms with Crippen LogP contribution in [0.2, 0.25) is 0 Å². The molecule has 3 heterocycles. The minimum absolute atomic E-state index is 0.104. The molecule has 2 saturated heterocycles. The Bertz CT molecular complexity index is 956. The van der Waals surface area contributed by atoms with Crippen LogP contribution in [-0.2, 0) is 22.4 Å². The average molecular weight is 470 g/mol. The zero-order chi connectivity index (χ0) is 23.9. The molecule has 0 atom stereocenters. The number of carbonyl (C=O) groups excluding carboxylic acids is 1. The van der Waals surface area contributed by atoms with E-state index in [4.69, 9.17) is 30.9 Å². The Hall–Kier alpha value is -3.11. The molecule has 4 rings (SSSR count). The fourth-order valence-electron chi connectivity index (χ4n) is 4.36. The predicted molar refractivity (Wildman–Crippen MR) is 132 cm³/mol. The first-order chi connectivity index (χ1) is 16.6. The molecule has 34 heavy (non-hydrogen) atoms. The molecule has 4 N–H and O–H groups in total. The minimum atomic E-state index is 0.104. The van der Waals surface area contributed by atoms with Crippen molar-refractivity contribution in [3.63, 3.8) is 0 Å². The van der Waals surface area contributed by atoms with E-state index < -0.39 is 0 Å². The second-order valence-corrected chi connectivity index (χ2v) is 8.55. The van der Waals surface area contributed by atoms with Crippen LogP contribution >= 0.6 is 0 Å². The molecule has 0 aliphatic carbocycles. The number of amides is 1. The monoisotopic (exact) mass is 469 g/mol. The number of hydrogen-bond donors (Lipinski definition) is 2. The maximum absolute atomic E-state index is 12.2. The lowest BCUT2D eigenvalue weighted by Gasteiger charge is -2.37. The smallest absolute Gasteiger partial charge is 0.223 e. The van der Waals surface area contributed by atoms with Crippen LogP contribution in [-0.4, -0.2) is 86.9 Å². The lowest BCUT2D eigenvalue weighted by Crippen LogP contribution is -2.49. The maximum atomic E-state index is 12.2. The zero-order valence-corrected chi connectivity index (χ0v) is 19.9. The van der Waals surface area contributed by atoms with Gasteiger partial charge in [-0.15, -0.1) is 0 Å². The van der Waals surface area contributed by atoms with Gasteiger partial charge in [0.1, 0.15) is 17.3 Å². The molecule has 0 radical (unpaired) electrons. The van der Waals surface area contributed by atoms with Crippen molar-refractivity contribution in [2.24, 2.45) is 5.73 Å². The van der Waals surface area contributed by atoms with Gasteiger partial charge in [0.25, 0.3) is 0 Å². The van der Waals surface area contributed by atoms with E-state index in [1.54, 1.807) is 7.11 Å². The van der Waals surface area contributed by atoms with Gasteiger partial charge in [-0.3, -0.25) is 4.79 Å². The summed E-state index contributed by atoms with van der Waals surface area (Å²) in [5.74, 6) is 3.25. The molecule has 0 saturated carbocycles. The Morgan fingerprint density at radius 2 is 1.59 bits per heavy atom. The molecule has 10 nitrogen and oxygen atoms in total. The van der Waals surface area contributed by atoms with Crippen molar-refractivity contribution in [1.82, 2.24) is 14.9 Å². The number of anilines is 3. The fourth-order valence-corrected chi connectivity index (χ4v) is 4.36. The van der Waals surface area contributed by atoms with E-state index in [0.717, 1.165) is 42.7 Å². The summed E-state index contributed by atoms with van der Waals surface area (Å²) < 4.78 is 10.8. The lowest BCUT2D eigenvalue weighted by molar-refractivity contribution is -0.131. The zero-order valence-electron chi connectivity index (χ0n) is 19.9. The molecule has 2 aromatic rings. The van der Waals surface area contributed by atoms with Crippen molar-refractivity contribution >= 4 is 23.2 Å². The van der Waals surface area contributed by atoms with Gasteiger partial charge in [0.05, 0.1) is 20.3 Å². The molecule has 0 bridgehead atoms. The highest BCUT2D eigenvalue weighted by atomic mass is 16.5. The van der Waals surface area contributed by atoms with Gasteiger partial charge in [0.2, 0.25) is 5.91 Å². The van der Waals surface area contributed by atoms with Gasteiger partial charge >= 0.3 is 0 Å². The molecular weight excluding hydrogens is 434 g/mol. The fraction of sp³-hybridized carbons (Fsp3) is 0.542. The normalized spacial score (nSPS) is 16.6. The van der Waals surface area contributed by atoms with Gasteiger partial charge in [-0.1, -0.05) is 12.1 Å². The molecule has 1 amide bonds. The Kier molecular flexibility index (Phi) is 8.02. The van der Waals surface area contributed by atoms with Crippen LogP contribution in [0.25, 0.3) is 0 Å². The first kappa shape index (κ1) is 24.0. The molecule has 0 unspecified atom stereocenters. The topological polar surface area (TPSA) is 123 Å². The molecular formula is C24H35N7O3. The third kappa shape index (κ3) is 5.68. The van der Waals surface area contributed by atoms with E-state index in [9.17, 15) is 4.79 Å². The number of nitrogens with zero attached hydrogens (tertiary/aromatic N) is 5. The van der Waals surface area contributed by atoms with Crippen molar-refractivity contribution in [2.45, 2.75) is 19.3 Å². The molecule has 2 fully saturated rings. The minimum Gasteiger partial charge on any atom is -0.497 e. The maximum Gasteiger partial charge on any atom is 0.223 e. The van der Waals surface area contributed by atoms with Crippen molar-refractivity contribution in [3.05, 3.63) is 35.7 Å². The summed E-state index contributed by atoms with van der Waals surface area (Å²) >= 11 is 0. The molecule has 0 spiro atoms. The van der Waals surface area contributed by atoms with Gasteiger partial charge in [0, 0.05) is 58.7 Å². The Balaban J connectivity index is 1.54. The second kappa shape index (κ2) is 11.3. The summed E-state index contributed by atoms with van der Waals surface area (Å²) in [5.41, 5.74) is 14.0. The summed E-state index contributed by atoms with van der Waals surface area (Å²) in [4.78, 5) is 28.2. The summed E-state index contributed by atoms with van der Waals surface area (Å²) in [7, 11) is 1.67. The number of aryl methyl sites for hydroxylation is 2. The van der Waals surface area contributed by atoms with Gasteiger partial charge in [-0.2, -0.15) is 0 Å². The van der Waals surface area contributed by atoms with Gasteiger partial charge in [0.15, 0.2) is 11.6 Å². The summed E-state index contributed by atoms with van der Waals surface area (Å²) in [6.45, 7) is 5.81.